The number of ketones is 1. The minimum absolute atomic E-state index is 0.148. The largest absolute Gasteiger partial charge is 0.372 e. The Bertz CT molecular complexity index is 1330. The molecule has 2 N–H and O–H groups in total. The SMILES string of the molecule is [2H]C1C(C(C)=O)=C2/C=C3/C=CC(=N3)/C=c3/cc/c([nH]3)=C/C3=NC(=C\C1(C=C)N2)/C=C3. The van der Waals surface area contributed by atoms with Crippen LogP contribution in [0.1, 0.15) is 14.7 Å². The Kier molecular flexibility index (Phi) is 3.59. The molecule has 142 valence electrons. The van der Waals surface area contributed by atoms with Crippen molar-refractivity contribution in [3.05, 3.63) is 94.6 Å². The first-order valence-corrected chi connectivity index (χ1v) is 9.41. The Morgan fingerprint density at radius 1 is 1.10 bits per heavy atom. The third-order valence-corrected chi connectivity index (χ3v) is 5.12. The molecular weight excluding hydrogens is 360 g/mol. The minimum atomic E-state index is -0.941. The number of H-pyrrole nitrogens is 1. The summed E-state index contributed by atoms with van der Waals surface area (Å²) in [5.41, 5.74) is 3.11. The molecule has 1 aromatic heterocycles. The van der Waals surface area contributed by atoms with Crippen molar-refractivity contribution in [3.8, 4) is 0 Å². The van der Waals surface area contributed by atoms with Crippen molar-refractivity contribution < 1.29 is 6.17 Å². The van der Waals surface area contributed by atoms with Gasteiger partial charge in [0.25, 0.3) is 0 Å². The summed E-state index contributed by atoms with van der Waals surface area (Å²) in [6.07, 6.45) is 16.1. The first-order valence-electron chi connectivity index (χ1n) is 9.99. The summed E-state index contributed by atoms with van der Waals surface area (Å²) in [5, 5.41) is 5.23. The molecule has 0 saturated heterocycles. The van der Waals surface area contributed by atoms with E-state index in [1.165, 1.54) is 6.92 Å². The molecule has 4 aliphatic rings. The molecule has 0 fully saturated rings. The second kappa shape index (κ2) is 6.41. The summed E-state index contributed by atoms with van der Waals surface area (Å²) in [7, 11) is 0. The molecule has 2 atom stereocenters. The van der Waals surface area contributed by atoms with Gasteiger partial charge in [0.1, 0.15) is 0 Å². The molecule has 0 saturated carbocycles. The number of allylic oxidation sites excluding steroid dienone is 5. The van der Waals surface area contributed by atoms with E-state index in [0.717, 1.165) is 22.1 Å². The van der Waals surface area contributed by atoms with Gasteiger partial charge in [-0.25, -0.2) is 9.98 Å². The molecule has 5 nitrogen and oxygen atoms in total. The lowest BCUT2D eigenvalue weighted by Crippen LogP contribution is -2.36. The first kappa shape index (κ1) is 16.2. The molecule has 4 aliphatic heterocycles. The number of nitrogens with zero attached hydrogens (tertiary/aromatic N) is 2. The van der Waals surface area contributed by atoms with Gasteiger partial charge >= 0.3 is 0 Å². The van der Waals surface area contributed by atoms with Crippen molar-refractivity contribution in [2.75, 3.05) is 0 Å². The highest BCUT2D eigenvalue weighted by atomic mass is 16.1. The van der Waals surface area contributed by atoms with E-state index >= 15 is 0 Å². The van der Waals surface area contributed by atoms with Gasteiger partial charge in [-0.2, -0.15) is 0 Å². The van der Waals surface area contributed by atoms with Crippen LogP contribution in [-0.4, -0.2) is 27.7 Å². The Labute approximate surface area is 169 Å². The second-order valence-electron chi connectivity index (χ2n) is 7.33. The molecule has 5 rings (SSSR count). The number of nitrogens with one attached hydrogen (secondary N) is 2. The van der Waals surface area contributed by atoms with Crippen LogP contribution in [0.5, 0.6) is 0 Å². The van der Waals surface area contributed by atoms with Gasteiger partial charge in [-0.05, 0) is 67.7 Å². The standard InChI is InChI=1S/C24H20N4O/c1-3-24-13-21-9-8-19(27-21)11-17-5-4-16(25-17)10-18-6-7-20(26-18)12-23(28-24)22(14-24)15(2)29/h3-13,25,28H,1,14H2,2H3/b16-10-,17-11-,20-12-,21-13-/i14D. The predicted molar refractivity (Wildman–Crippen MR) is 117 cm³/mol. The molecule has 0 aliphatic carbocycles. The number of aliphatic imine (C=N–C) groups is 2. The van der Waals surface area contributed by atoms with Crippen LogP contribution in [0.4, 0.5) is 0 Å². The average molecular weight is 381 g/mol. The maximum absolute atomic E-state index is 12.4. The molecule has 29 heavy (non-hydrogen) atoms. The van der Waals surface area contributed by atoms with E-state index in [-0.39, 0.29) is 5.78 Å². The van der Waals surface area contributed by atoms with Crippen molar-refractivity contribution in [1.29, 1.82) is 0 Å². The van der Waals surface area contributed by atoms with Crippen molar-refractivity contribution in [3.63, 3.8) is 0 Å². The van der Waals surface area contributed by atoms with E-state index in [4.69, 9.17) is 1.37 Å². The predicted octanol–water partition coefficient (Wildman–Crippen LogP) is 2.14. The Morgan fingerprint density at radius 2 is 1.76 bits per heavy atom. The van der Waals surface area contributed by atoms with Crippen LogP contribution in [0.25, 0.3) is 12.2 Å². The number of carbonyl (C=O) groups excluding carboxylic acids is 1. The lowest BCUT2D eigenvalue weighted by Gasteiger charge is -2.23. The number of aromatic nitrogens is 1. The van der Waals surface area contributed by atoms with Gasteiger partial charge in [0, 0.05) is 29.7 Å². The van der Waals surface area contributed by atoms with Crippen LogP contribution in [0.15, 0.2) is 93.9 Å². The van der Waals surface area contributed by atoms with Gasteiger partial charge in [-0.15, -0.1) is 6.58 Å². The molecule has 0 radical (unpaired) electrons. The second-order valence-corrected chi connectivity index (χ2v) is 7.33. The molecule has 0 aromatic carbocycles. The highest BCUT2D eigenvalue weighted by Crippen LogP contribution is 2.34. The average Bonchev–Trinajstić information content (AvgIpc) is 3.46. The zero-order chi connectivity index (χ0) is 20.9. The third-order valence-electron chi connectivity index (χ3n) is 5.12. The lowest BCUT2D eigenvalue weighted by atomic mass is 9.92. The molecule has 5 heterocycles. The van der Waals surface area contributed by atoms with Crippen LogP contribution in [0.2, 0.25) is 0 Å². The Balaban J connectivity index is 1.75. The zero-order valence-electron chi connectivity index (χ0n) is 16.9. The zero-order valence-corrected chi connectivity index (χ0v) is 15.9. The van der Waals surface area contributed by atoms with E-state index in [0.29, 0.717) is 22.7 Å². The van der Waals surface area contributed by atoms with Crippen molar-refractivity contribution in [2.45, 2.75) is 18.9 Å². The fourth-order valence-corrected chi connectivity index (χ4v) is 3.72. The van der Waals surface area contributed by atoms with E-state index < -0.39 is 11.9 Å². The summed E-state index contributed by atoms with van der Waals surface area (Å²) < 4.78 is 8.82. The summed E-state index contributed by atoms with van der Waals surface area (Å²) in [4.78, 5) is 25.1. The fourth-order valence-electron chi connectivity index (χ4n) is 3.72. The maximum atomic E-state index is 12.4. The molecule has 8 bridgehead atoms. The van der Waals surface area contributed by atoms with E-state index in [1.807, 2.05) is 60.7 Å². The minimum Gasteiger partial charge on any atom is -0.372 e. The van der Waals surface area contributed by atoms with Gasteiger partial charge in [-0.3, -0.25) is 4.79 Å². The van der Waals surface area contributed by atoms with E-state index in [1.54, 1.807) is 6.08 Å². The summed E-state index contributed by atoms with van der Waals surface area (Å²) >= 11 is 0. The van der Waals surface area contributed by atoms with E-state index in [9.17, 15) is 4.79 Å². The van der Waals surface area contributed by atoms with Gasteiger partial charge < -0.3 is 10.3 Å². The van der Waals surface area contributed by atoms with Gasteiger partial charge in [0.15, 0.2) is 5.78 Å². The highest BCUT2D eigenvalue weighted by molar-refractivity contribution is 6.20. The summed E-state index contributed by atoms with van der Waals surface area (Å²) in [5.74, 6) is -0.148. The summed E-state index contributed by atoms with van der Waals surface area (Å²) in [6.45, 7) is 5.44. The first-order chi connectivity index (χ1) is 14.5. The van der Waals surface area contributed by atoms with Crippen molar-refractivity contribution in [2.24, 2.45) is 9.98 Å². The number of fused-ring (bicyclic) bond motifs is 6. The van der Waals surface area contributed by atoms with Gasteiger partial charge in [-0.1, -0.05) is 6.08 Å². The molecule has 0 amide bonds. The van der Waals surface area contributed by atoms with Crippen LogP contribution < -0.4 is 16.0 Å². The Morgan fingerprint density at radius 3 is 2.41 bits per heavy atom. The van der Waals surface area contributed by atoms with E-state index in [2.05, 4.69) is 26.9 Å². The number of carbonyl (C=O) groups is 1. The fraction of sp³-hybridized carbons (Fsp3) is 0.125. The monoisotopic (exact) mass is 381 g/mol. The van der Waals surface area contributed by atoms with Crippen LogP contribution in [0.3, 0.4) is 0 Å². The third kappa shape index (κ3) is 3.21. The van der Waals surface area contributed by atoms with Crippen LogP contribution in [-0.2, 0) is 4.79 Å². The normalized spacial score (nSPS) is 33.1. The van der Waals surface area contributed by atoms with Crippen molar-refractivity contribution in [1.82, 2.24) is 10.3 Å². The number of Topliss-reactive ketones (excluding diaryl/α,β-unsaturated/α-hetero) is 1. The van der Waals surface area contributed by atoms with Crippen LogP contribution in [0, 0.1) is 0 Å². The maximum Gasteiger partial charge on any atom is 0.157 e. The molecule has 1 aromatic rings. The van der Waals surface area contributed by atoms with Gasteiger partial charge in [0.05, 0.1) is 28.4 Å². The molecule has 2 unspecified atom stereocenters. The summed E-state index contributed by atoms with van der Waals surface area (Å²) in [6, 6.07) is 3.99. The number of rotatable bonds is 2. The van der Waals surface area contributed by atoms with Crippen LogP contribution >= 0.6 is 0 Å². The number of aromatic amines is 1. The number of hydrogen-bond acceptors (Lipinski definition) is 4. The lowest BCUT2D eigenvalue weighted by molar-refractivity contribution is -0.113. The Hall–Kier alpha value is -3.73. The molecule has 0 spiro atoms. The number of hydrogen-bond donors (Lipinski definition) is 2. The quantitative estimate of drug-likeness (QED) is 0.771. The topological polar surface area (TPSA) is 69.6 Å². The molecular formula is C24H20N4O. The highest BCUT2D eigenvalue weighted by Gasteiger charge is 2.35. The van der Waals surface area contributed by atoms with Gasteiger partial charge in [0.2, 0.25) is 0 Å². The molecule has 5 heteroatoms. The smallest absolute Gasteiger partial charge is 0.157 e. The van der Waals surface area contributed by atoms with Crippen molar-refractivity contribution >= 4 is 29.4 Å².